The van der Waals surface area contributed by atoms with Gasteiger partial charge in [-0.1, -0.05) is 30.3 Å². The van der Waals surface area contributed by atoms with Gasteiger partial charge in [0, 0.05) is 6.20 Å². The molecule has 6 nitrogen and oxygen atoms in total. The van der Waals surface area contributed by atoms with Crippen molar-refractivity contribution >= 4 is 11.8 Å². The maximum absolute atomic E-state index is 12.3. The number of hydrogen-bond acceptors (Lipinski definition) is 5. The van der Waals surface area contributed by atoms with E-state index in [9.17, 15) is 9.59 Å². The molecule has 0 saturated carbocycles. The van der Waals surface area contributed by atoms with E-state index < -0.39 is 5.97 Å². The summed E-state index contributed by atoms with van der Waals surface area (Å²) in [6, 6.07) is 19.4. The maximum atomic E-state index is 12.3. The van der Waals surface area contributed by atoms with Gasteiger partial charge >= 0.3 is 5.97 Å². The Morgan fingerprint density at radius 1 is 0.815 bits per heavy atom. The normalized spacial score (nSPS) is 10.2. The molecule has 0 radical (unpaired) electrons. The first-order valence-electron chi connectivity index (χ1n) is 8.47. The van der Waals surface area contributed by atoms with Crippen molar-refractivity contribution in [2.75, 3.05) is 19.8 Å². The molecule has 1 N–H and O–H groups in total. The molecule has 138 valence electrons. The van der Waals surface area contributed by atoms with Gasteiger partial charge in [-0.25, -0.2) is 4.79 Å². The summed E-state index contributed by atoms with van der Waals surface area (Å²) in [4.78, 5) is 27.0. The van der Waals surface area contributed by atoms with Crippen LogP contribution in [0.1, 0.15) is 20.8 Å². The highest BCUT2D eigenvalue weighted by atomic mass is 16.5. The van der Waals surface area contributed by atoms with E-state index in [2.05, 4.69) is 4.98 Å². The molecule has 27 heavy (non-hydrogen) atoms. The summed E-state index contributed by atoms with van der Waals surface area (Å²) < 4.78 is 16.3. The third kappa shape index (κ3) is 5.22. The van der Waals surface area contributed by atoms with E-state index >= 15 is 0 Å². The molecule has 0 aliphatic heterocycles. The number of H-pyrrole nitrogens is 1. The van der Waals surface area contributed by atoms with E-state index in [0.717, 1.165) is 5.75 Å². The van der Waals surface area contributed by atoms with Crippen LogP contribution in [0.2, 0.25) is 0 Å². The SMILES string of the molecule is O=C(COC(=O)c1ccccc1OCCOc1ccccc1)c1ccc[nH]1. The molecule has 0 aliphatic rings. The van der Waals surface area contributed by atoms with Gasteiger partial charge in [-0.05, 0) is 36.4 Å². The number of nitrogens with one attached hydrogen (secondary N) is 1. The van der Waals surface area contributed by atoms with Crippen molar-refractivity contribution in [3.05, 3.63) is 84.2 Å². The molecular weight excluding hydrogens is 346 g/mol. The highest BCUT2D eigenvalue weighted by Gasteiger charge is 2.16. The highest BCUT2D eigenvalue weighted by Crippen LogP contribution is 2.19. The Labute approximate surface area is 156 Å². The number of aromatic nitrogens is 1. The first-order valence-corrected chi connectivity index (χ1v) is 8.47. The number of ether oxygens (including phenoxy) is 3. The van der Waals surface area contributed by atoms with Gasteiger partial charge in [-0.15, -0.1) is 0 Å². The first kappa shape index (κ1) is 18.3. The van der Waals surface area contributed by atoms with Crippen molar-refractivity contribution in [2.24, 2.45) is 0 Å². The van der Waals surface area contributed by atoms with Crippen LogP contribution in [0.25, 0.3) is 0 Å². The van der Waals surface area contributed by atoms with Crippen LogP contribution in [-0.4, -0.2) is 36.6 Å². The second-order valence-electron chi connectivity index (χ2n) is 5.59. The summed E-state index contributed by atoms with van der Waals surface area (Å²) in [6.45, 7) is 0.254. The van der Waals surface area contributed by atoms with Crippen molar-refractivity contribution < 1.29 is 23.8 Å². The summed E-state index contributed by atoms with van der Waals surface area (Å²) in [6.07, 6.45) is 1.63. The Bertz CT molecular complexity index is 875. The van der Waals surface area contributed by atoms with Gasteiger partial charge in [0.15, 0.2) is 6.61 Å². The third-order valence-corrected chi connectivity index (χ3v) is 3.69. The third-order valence-electron chi connectivity index (χ3n) is 3.69. The van der Waals surface area contributed by atoms with Crippen LogP contribution in [-0.2, 0) is 4.74 Å². The van der Waals surface area contributed by atoms with Gasteiger partial charge in [-0.2, -0.15) is 0 Å². The number of esters is 1. The molecule has 6 heteroatoms. The minimum Gasteiger partial charge on any atom is -0.490 e. The van der Waals surface area contributed by atoms with E-state index in [-0.39, 0.29) is 24.6 Å². The lowest BCUT2D eigenvalue weighted by molar-refractivity contribution is 0.0469. The van der Waals surface area contributed by atoms with Gasteiger partial charge in [0.25, 0.3) is 0 Å². The maximum Gasteiger partial charge on any atom is 0.342 e. The number of carbonyl (C=O) groups excluding carboxylic acids is 2. The van der Waals surface area contributed by atoms with Crippen LogP contribution in [0.4, 0.5) is 0 Å². The Kier molecular flexibility index (Phi) is 6.25. The largest absolute Gasteiger partial charge is 0.490 e. The van der Waals surface area contributed by atoms with Crippen molar-refractivity contribution in [2.45, 2.75) is 0 Å². The smallest absolute Gasteiger partial charge is 0.342 e. The van der Waals surface area contributed by atoms with E-state index in [1.807, 2.05) is 30.3 Å². The van der Waals surface area contributed by atoms with Crippen LogP contribution >= 0.6 is 0 Å². The lowest BCUT2D eigenvalue weighted by atomic mass is 10.2. The topological polar surface area (TPSA) is 77.6 Å². The zero-order valence-corrected chi connectivity index (χ0v) is 14.6. The van der Waals surface area contributed by atoms with Crippen molar-refractivity contribution in [3.8, 4) is 11.5 Å². The zero-order chi connectivity index (χ0) is 18.9. The Morgan fingerprint density at radius 3 is 2.33 bits per heavy atom. The number of carbonyl (C=O) groups is 2. The molecule has 0 amide bonds. The number of aromatic amines is 1. The molecule has 0 atom stereocenters. The molecule has 0 fully saturated rings. The summed E-state index contributed by atoms with van der Waals surface area (Å²) >= 11 is 0. The summed E-state index contributed by atoms with van der Waals surface area (Å²) in [5.41, 5.74) is 0.655. The van der Waals surface area contributed by atoms with Crippen molar-refractivity contribution in [3.63, 3.8) is 0 Å². The fourth-order valence-corrected chi connectivity index (χ4v) is 2.38. The number of para-hydroxylation sites is 2. The van der Waals surface area contributed by atoms with Crippen LogP contribution in [0.15, 0.2) is 72.9 Å². The van der Waals surface area contributed by atoms with Gasteiger partial charge < -0.3 is 19.2 Å². The average Bonchev–Trinajstić information content (AvgIpc) is 3.25. The Hall–Kier alpha value is -3.54. The standard InChI is InChI=1S/C21H19NO5/c23-19(18-10-6-12-22-18)15-27-21(24)17-9-4-5-11-20(17)26-14-13-25-16-7-2-1-3-8-16/h1-12,22H,13-15H2. The van der Waals surface area contributed by atoms with E-state index in [0.29, 0.717) is 18.1 Å². The molecule has 0 saturated heterocycles. The van der Waals surface area contributed by atoms with Gasteiger partial charge in [0.1, 0.15) is 30.3 Å². The van der Waals surface area contributed by atoms with Crippen LogP contribution < -0.4 is 9.47 Å². The molecule has 0 aliphatic carbocycles. The van der Waals surface area contributed by atoms with Crippen molar-refractivity contribution in [1.29, 1.82) is 0 Å². The predicted octanol–water partition coefficient (Wildman–Crippen LogP) is 3.51. The number of ketones is 1. The first-order chi connectivity index (χ1) is 13.2. The molecule has 0 bridgehead atoms. The molecule has 2 aromatic carbocycles. The fraction of sp³-hybridized carbons (Fsp3) is 0.143. The van der Waals surface area contributed by atoms with Crippen molar-refractivity contribution in [1.82, 2.24) is 4.98 Å². The molecule has 0 spiro atoms. The van der Waals surface area contributed by atoms with E-state index in [4.69, 9.17) is 14.2 Å². The summed E-state index contributed by atoms with van der Waals surface area (Å²) in [7, 11) is 0. The van der Waals surface area contributed by atoms with Crippen LogP contribution in [0.3, 0.4) is 0 Å². The fourth-order valence-electron chi connectivity index (χ4n) is 2.38. The molecule has 1 aromatic heterocycles. The van der Waals surface area contributed by atoms with E-state index in [1.165, 1.54) is 0 Å². The quantitative estimate of drug-likeness (QED) is 0.357. The minimum absolute atomic E-state index is 0.261. The molecule has 0 unspecified atom stereocenters. The number of rotatable bonds is 9. The predicted molar refractivity (Wildman–Crippen MR) is 99.3 cm³/mol. The lowest BCUT2D eigenvalue weighted by Gasteiger charge is -2.11. The number of Topliss-reactive ketones (excluding diaryl/α,β-unsaturated/α-hetero) is 1. The van der Waals surface area contributed by atoms with Crippen LogP contribution in [0, 0.1) is 0 Å². The van der Waals surface area contributed by atoms with E-state index in [1.54, 1.807) is 42.6 Å². The summed E-state index contributed by atoms with van der Waals surface area (Å²) in [5, 5.41) is 0. The second-order valence-corrected chi connectivity index (χ2v) is 5.59. The molecular formula is C21H19NO5. The highest BCUT2D eigenvalue weighted by molar-refractivity contribution is 5.98. The number of benzene rings is 2. The molecule has 3 aromatic rings. The second kappa shape index (κ2) is 9.24. The lowest BCUT2D eigenvalue weighted by Crippen LogP contribution is -2.16. The van der Waals surface area contributed by atoms with Gasteiger partial charge in [-0.3, -0.25) is 4.79 Å². The summed E-state index contributed by atoms with van der Waals surface area (Å²) in [5.74, 6) is 0.209. The Balaban J connectivity index is 1.51. The Morgan fingerprint density at radius 2 is 1.56 bits per heavy atom. The molecule has 3 rings (SSSR count). The van der Waals surface area contributed by atoms with Gasteiger partial charge in [0.2, 0.25) is 5.78 Å². The van der Waals surface area contributed by atoms with Gasteiger partial charge in [0.05, 0.1) is 5.69 Å². The van der Waals surface area contributed by atoms with Crippen LogP contribution in [0.5, 0.6) is 11.5 Å². The zero-order valence-electron chi connectivity index (χ0n) is 14.6. The number of hydrogen-bond donors (Lipinski definition) is 1. The average molecular weight is 365 g/mol. The monoisotopic (exact) mass is 365 g/mol. The molecule has 1 heterocycles. The minimum atomic E-state index is -0.616.